The van der Waals surface area contributed by atoms with Crippen LogP contribution in [0.3, 0.4) is 0 Å². The van der Waals surface area contributed by atoms with E-state index in [0.29, 0.717) is 25.1 Å². The van der Waals surface area contributed by atoms with Gasteiger partial charge in [-0.2, -0.15) is 0 Å². The van der Waals surface area contributed by atoms with E-state index in [2.05, 4.69) is 4.98 Å². The van der Waals surface area contributed by atoms with E-state index in [0.717, 1.165) is 0 Å². The largest absolute Gasteiger partial charge is 0.387 e. The molecule has 22 heavy (non-hydrogen) atoms. The molecule has 1 aromatic rings. The van der Waals surface area contributed by atoms with E-state index < -0.39 is 16.6 Å². The molecule has 2 N–H and O–H groups in total. The van der Waals surface area contributed by atoms with Crippen LogP contribution >= 0.6 is 11.6 Å². The Hall–Kier alpha value is -1.37. The lowest BCUT2D eigenvalue weighted by Gasteiger charge is -2.49. The zero-order chi connectivity index (χ0) is 16.5. The van der Waals surface area contributed by atoms with Crippen molar-refractivity contribution >= 4 is 17.5 Å². The minimum absolute atomic E-state index is 0.0157. The highest BCUT2D eigenvalue weighted by atomic mass is 35.5. The summed E-state index contributed by atoms with van der Waals surface area (Å²) in [6, 6.07) is 1.37. The number of aromatic amines is 1. The fourth-order valence-corrected chi connectivity index (χ4v) is 2.98. The summed E-state index contributed by atoms with van der Waals surface area (Å²) in [5, 5.41) is 10.7. The molecule has 1 aliphatic heterocycles. The molecule has 0 aliphatic carbocycles. The Balaban J connectivity index is 2.20. The number of carbonyl (C=O) groups excluding carboxylic acids is 1. The standard InChI is InChI=1S/C15H21ClN2O4/c1-14(2)8-18(5-4-15(14,21)9-22-3)13(20)10-6-11(16)12(19)17-7-10/h6-7,21H,4-5,8-9H2,1-3H3,(H,17,19)/t15-/m1/s1. The molecule has 1 aliphatic rings. The smallest absolute Gasteiger partial charge is 0.266 e. The molecule has 1 atom stereocenters. The van der Waals surface area contributed by atoms with Gasteiger partial charge in [0.15, 0.2) is 0 Å². The van der Waals surface area contributed by atoms with Crippen molar-refractivity contribution < 1.29 is 14.6 Å². The second-order valence-corrected chi connectivity index (χ2v) is 6.80. The minimum atomic E-state index is -0.971. The zero-order valence-electron chi connectivity index (χ0n) is 13.0. The second-order valence-electron chi connectivity index (χ2n) is 6.39. The van der Waals surface area contributed by atoms with E-state index in [-0.39, 0.29) is 17.5 Å². The lowest BCUT2D eigenvalue weighted by Crippen LogP contribution is -2.60. The van der Waals surface area contributed by atoms with E-state index in [4.69, 9.17) is 16.3 Å². The van der Waals surface area contributed by atoms with Gasteiger partial charge in [0.2, 0.25) is 0 Å². The third kappa shape index (κ3) is 3.04. The summed E-state index contributed by atoms with van der Waals surface area (Å²) in [6.45, 7) is 4.85. The molecular formula is C15H21ClN2O4. The number of aromatic nitrogens is 1. The van der Waals surface area contributed by atoms with E-state index in [1.54, 1.807) is 12.0 Å². The summed E-state index contributed by atoms with van der Waals surface area (Å²) in [6.07, 6.45) is 1.79. The maximum atomic E-state index is 12.6. The molecule has 0 aromatic carbocycles. The fourth-order valence-electron chi connectivity index (χ4n) is 2.80. The fraction of sp³-hybridized carbons (Fsp3) is 0.600. The number of carbonyl (C=O) groups is 1. The molecular weight excluding hydrogens is 308 g/mol. The molecule has 0 unspecified atom stereocenters. The molecule has 0 bridgehead atoms. The Morgan fingerprint density at radius 2 is 2.23 bits per heavy atom. The number of piperidine rings is 1. The van der Waals surface area contributed by atoms with Gasteiger partial charge in [-0.3, -0.25) is 9.59 Å². The number of amides is 1. The molecule has 1 saturated heterocycles. The summed E-state index contributed by atoms with van der Waals surface area (Å²) >= 11 is 5.77. The van der Waals surface area contributed by atoms with Crippen LogP contribution in [0.1, 0.15) is 30.6 Å². The van der Waals surface area contributed by atoms with Crippen molar-refractivity contribution in [2.24, 2.45) is 5.41 Å². The Kier molecular flexibility index (Phi) is 4.65. The summed E-state index contributed by atoms with van der Waals surface area (Å²) in [5.74, 6) is -0.217. The number of H-pyrrole nitrogens is 1. The summed E-state index contributed by atoms with van der Waals surface area (Å²) in [4.78, 5) is 27.9. The molecule has 6 nitrogen and oxygen atoms in total. The molecule has 2 rings (SSSR count). The van der Waals surface area contributed by atoms with Crippen LogP contribution in [0.4, 0.5) is 0 Å². The van der Waals surface area contributed by atoms with Gasteiger partial charge in [-0.15, -0.1) is 0 Å². The first kappa shape index (κ1) is 17.0. The number of methoxy groups -OCH3 is 1. The van der Waals surface area contributed by atoms with Gasteiger partial charge < -0.3 is 19.7 Å². The van der Waals surface area contributed by atoms with E-state index in [1.165, 1.54) is 12.3 Å². The second kappa shape index (κ2) is 6.02. The van der Waals surface area contributed by atoms with Crippen molar-refractivity contribution in [1.29, 1.82) is 0 Å². The third-order valence-electron chi connectivity index (χ3n) is 4.42. The first-order valence-corrected chi connectivity index (χ1v) is 7.47. The van der Waals surface area contributed by atoms with E-state index >= 15 is 0 Å². The van der Waals surface area contributed by atoms with Crippen molar-refractivity contribution in [3.05, 3.63) is 33.2 Å². The van der Waals surface area contributed by atoms with Crippen LogP contribution in [-0.2, 0) is 4.74 Å². The van der Waals surface area contributed by atoms with Crippen molar-refractivity contribution in [3.8, 4) is 0 Å². The first-order chi connectivity index (χ1) is 10.2. The number of rotatable bonds is 3. The molecule has 0 radical (unpaired) electrons. The number of aliphatic hydroxyl groups is 1. The molecule has 1 fully saturated rings. The van der Waals surface area contributed by atoms with Crippen molar-refractivity contribution in [3.63, 3.8) is 0 Å². The highest BCUT2D eigenvalue weighted by Gasteiger charge is 2.48. The number of hydrogen-bond acceptors (Lipinski definition) is 4. The van der Waals surface area contributed by atoms with Crippen LogP contribution < -0.4 is 5.56 Å². The normalized spacial score (nSPS) is 24.3. The quantitative estimate of drug-likeness (QED) is 0.875. The average molecular weight is 329 g/mol. The maximum Gasteiger partial charge on any atom is 0.266 e. The van der Waals surface area contributed by atoms with Gasteiger partial charge in [0, 0.05) is 31.8 Å². The van der Waals surface area contributed by atoms with Crippen LogP contribution in [-0.4, -0.2) is 53.3 Å². The highest BCUT2D eigenvalue weighted by molar-refractivity contribution is 6.30. The Bertz CT molecular complexity index is 628. The van der Waals surface area contributed by atoms with Gasteiger partial charge in [-0.1, -0.05) is 25.4 Å². The highest BCUT2D eigenvalue weighted by Crippen LogP contribution is 2.39. The number of ether oxygens (including phenoxy) is 1. The van der Waals surface area contributed by atoms with Crippen molar-refractivity contribution in [1.82, 2.24) is 9.88 Å². The summed E-state index contributed by atoms with van der Waals surface area (Å²) in [7, 11) is 1.55. The number of hydrogen-bond donors (Lipinski definition) is 2. The van der Waals surface area contributed by atoms with Gasteiger partial charge in [-0.25, -0.2) is 0 Å². The molecule has 7 heteroatoms. The predicted octanol–water partition coefficient (Wildman–Crippen LogP) is 1.28. The predicted molar refractivity (Wildman–Crippen MR) is 83.2 cm³/mol. The van der Waals surface area contributed by atoms with Crippen LogP contribution in [0.2, 0.25) is 5.02 Å². The van der Waals surface area contributed by atoms with Crippen LogP contribution in [0.15, 0.2) is 17.1 Å². The molecule has 2 heterocycles. The van der Waals surface area contributed by atoms with Crippen LogP contribution in [0, 0.1) is 5.41 Å². The number of pyridine rings is 1. The Labute approximate surface area is 134 Å². The van der Waals surface area contributed by atoms with Gasteiger partial charge in [0.05, 0.1) is 17.8 Å². The number of nitrogens with zero attached hydrogens (tertiary/aromatic N) is 1. The van der Waals surface area contributed by atoms with Crippen molar-refractivity contribution in [2.45, 2.75) is 25.9 Å². The SMILES string of the molecule is COC[C@]1(O)CCN(C(=O)c2c[nH]c(=O)c(Cl)c2)CC1(C)C. The number of nitrogens with one attached hydrogen (secondary N) is 1. The summed E-state index contributed by atoms with van der Waals surface area (Å²) < 4.78 is 5.12. The molecule has 0 spiro atoms. The zero-order valence-corrected chi connectivity index (χ0v) is 13.7. The lowest BCUT2D eigenvalue weighted by atomic mass is 9.70. The van der Waals surface area contributed by atoms with Gasteiger partial charge >= 0.3 is 0 Å². The van der Waals surface area contributed by atoms with Gasteiger partial charge in [0.25, 0.3) is 11.5 Å². The third-order valence-corrected chi connectivity index (χ3v) is 4.70. The minimum Gasteiger partial charge on any atom is -0.387 e. The van der Waals surface area contributed by atoms with Gasteiger partial charge in [0.1, 0.15) is 5.02 Å². The average Bonchev–Trinajstić information content (AvgIpc) is 2.44. The Morgan fingerprint density at radius 3 is 2.77 bits per heavy atom. The Morgan fingerprint density at radius 1 is 1.55 bits per heavy atom. The molecule has 1 amide bonds. The number of halogens is 1. The van der Waals surface area contributed by atoms with Crippen LogP contribution in [0.5, 0.6) is 0 Å². The summed E-state index contributed by atoms with van der Waals surface area (Å²) in [5.41, 5.74) is -1.58. The number of likely N-dealkylation sites (tertiary alicyclic amines) is 1. The topological polar surface area (TPSA) is 82.6 Å². The maximum absolute atomic E-state index is 12.6. The first-order valence-electron chi connectivity index (χ1n) is 7.09. The van der Waals surface area contributed by atoms with Crippen LogP contribution in [0.25, 0.3) is 0 Å². The molecule has 122 valence electrons. The lowest BCUT2D eigenvalue weighted by molar-refractivity contribution is -0.144. The monoisotopic (exact) mass is 328 g/mol. The van der Waals surface area contributed by atoms with Crippen molar-refractivity contribution in [2.75, 3.05) is 26.8 Å². The molecule has 1 aromatic heterocycles. The van der Waals surface area contributed by atoms with E-state index in [1.807, 2.05) is 13.8 Å². The molecule has 0 saturated carbocycles. The van der Waals surface area contributed by atoms with Gasteiger partial charge in [-0.05, 0) is 12.5 Å². The van der Waals surface area contributed by atoms with E-state index in [9.17, 15) is 14.7 Å².